The monoisotopic (exact) mass is 500 g/mol. The van der Waals surface area contributed by atoms with E-state index in [0.29, 0.717) is 29.6 Å². The average molecular weight is 501 g/mol. The second kappa shape index (κ2) is 8.90. The smallest absolute Gasteiger partial charge is 0.338 e. The number of nitrogens with zero attached hydrogens (tertiary/aromatic N) is 4. The highest BCUT2D eigenvalue weighted by atomic mass is 35.5. The molecule has 1 spiro atoms. The van der Waals surface area contributed by atoms with E-state index >= 15 is 0 Å². The van der Waals surface area contributed by atoms with Gasteiger partial charge in [0.15, 0.2) is 29.2 Å². The van der Waals surface area contributed by atoms with E-state index in [1.54, 1.807) is 30.3 Å². The van der Waals surface area contributed by atoms with Gasteiger partial charge < -0.3 is 18.9 Å². The van der Waals surface area contributed by atoms with Gasteiger partial charge in [0.25, 0.3) is 0 Å². The first-order valence-corrected chi connectivity index (χ1v) is 11.3. The zero-order valence-electron chi connectivity index (χ0n) is 18.8. The number of benzene rings is 1. The summed E-state index contributed by atoms with van der Waals surface area (Å²) >= 11 is 6.15. The molecule has 5 atom stereocenters. The topological polar surface area (TPSA) is 132 Å². The third-order valence-electron chi connectivity index (χ3n) is 6.19. The second-order valence-corrected chi connectivity index (χ2v) is 8.71. The van der Waals surface area contributed by atoms with Crippen LogP contribution >= 0.6 is 11.6 Å². The van der Waals surface area contributed by atoms with Crippen molar-refractivity contribution in [1.29, 1.82) is 0 Å². The first kappa shape index (κ1) is 23.2. The van der Waals surface area contributed by atoms with Crippen LogP contribution in [0.1, 0.15) is 43.3 Å². The summed E-state index contributed by atoms with van der Waals surface area (Å²) in [5.74, 6) is -1.75. The van der Waals surface area contributed by atoms with Gasteiger partial charge in [-0.15, -0.1) is 0 Å². The fourth-order valence-electron chi connectivity index (χ4n) is 4.61. The summed E-state index contributed by atoms with van der Waals surface area (Å²) < 4.78 is 25.0. The number of rotatable bonds is 5. The molecule has 12 heteroatoms. The first-order valence-electron chi connectivity index (χ1n) is 10.9. The highest BCUT2D eigenvalue weighted by Crippen LogP contribution is 2.53. The summed E-state index contributed by atoms with van der Waals surface area (Å²) in [6, 6.07) is 8.52. The molecule has 5 rings (SSSR count). The minimum absolute atomic E-state index is 0.139. The van der Waals surface area contributed by atoms with Crippen molar-refractivity contribution in [2.75, 3.05) is 0 Å². The molecule has 2 aliphatic rings. The van der Waals surface area contributed by atoms with Gasteiger partial charge in [-0.25, -0.2) is 19.7 Å². The van der Waals surface area contributed by atoms with Crippen molar-refractivity contribution in [2.24, 2.45) is 0 Å². The number of aromatic nitrogens is 4. The van der Waals surface area contributed by atoms with Gasteiger partial charge in [-0.2, -0.15) is 0 Å². The Morgan fingerprint density at radius 3 is 2.46 bits per heavy atom. The molecule has 1 saturated heterocycles. The van der Waals surface area contributed by atoms with E-state index in [1.165, 1.54) is 31.1 Å². The number of carbonyl (C=O) groups excluding carboxylic acids is 3. The largest absolute Gasteiger partial charge is 0.456 e. The normalized spacial score (nSPS) is 27.4. The Morgan fingerprint density at radius 1 is 1.06 bits per heavy atom. The fourth-order valence-corrected chi connectivity index (χ4v) is 4.78. The Kier molecular flexibility index (Phi) is 5.89. The molecule has 11 nitrogen and oxygen atoms in total. The molecule has 0 N–H and O–H groups in total. The molecule has 2 aromatic heterocycles. The maximum Gasteiger partial charge on any atom is 0.338 e. The molecule has 0 amide bonds. The van der Waals surface area contributed by atoms with Crippen LogP contribution in [0.5, 0.6) is 0 Å². The van der Waals surface area contributed by atoms with Crippen LogP contribution in [0.25, 0.3) is 11.2 Å². The van der Waals surface area contributed by atoms with Gasteiger partial charge in [0, 0.05) is 13.8 Å². The molecule has 0 radical (unpaired) electrons. The summed E-state index contributed by atoms with van der Waals surface area (Å²) in [4.78, 5) is 49.3. The van der Waals surface area contributed by atoms with Gasteiger partial charge in [0.05, 0.1) is 11.9 Å². The minimum atomic E-state index is -1.24. The van der Waals surface area contributed by atoms with Crippen LogP contribution in [0, 0.1) is 0 Å². The standard InChI is InChI=1S/C23H21ClN4O7/c1-12(29)32-17-18(33-13(2)30)23(9-8-15(23)34-22(31)14-6-4-3-5-7-14)35-21(17)28-11-27-16-19(24)25-10-26-20(16)28/h3-7,10-11,15,17-18,21H,8-9H2,1-2H3/t15-,17-,18?,21?,23+/m0/s1. The van der Waals surface area contributed by atoms with Crippen LogP contribution in [-0.4, -0.2) is 61.3 Å². The molecule has 1 aliphatic heterocycles. The predicted molar refractivity (Wildman–Crippen MR) is 119 cm³/mol. The van der Waals surface area contributed by atoms with E-state index in [2.05, 4.69) is 15.0 Å². The number of esters is 3. The lowest BCUT2D eigenvalue weighted by atomic mass is 9.72. The van der Waals surface area contributed by atoms with Gasteiger partial charge >= 0.3 is 17.9 Å². The van der Waals surface area contributed by atoms with E-state index < -0.39 is 48.0 Å². The number of imidazole rings is 1. The minimum Gasteiger partial charge on any atom is -0.456 e. The fraction of sp³-hybridized carbons (Fsp3) is 0.391. The van der Waals surface area contributed by atoms with Crippen molar-refractivity contribution in [3.8, 4) is 0 Å². The van der Waals surface area contributed by atoms with Crippen molar-refractivity contribution in [2.45, 2.75) is 56.8 Å². The molecule has 1 aliphatic carbocycles. The highest BCUT2D eigenvalue weighted by Gasteiger charge is 2.68. The van der Waals surface area contributed by atoms with Crippen LogP contribution in [0.2, 0.25) is 5.15 Å². The van der Waals surface area contributed by atoms with Crippen LogP contribution in [0.4, 0.5) is 0 Å². The van der Waals surface area contributed by atoms with Crippen molar-refractivity contribution >= 4 is 40.7 Å². The Balaban J connectivity index is 1.54. The van der Waals surface area contributed by atoms with Crippen LogP contribution in [0.15, 0.2) is 43.0 Å². The third-order valence-corrected chi connectivity index (χ3v) is 6.46. The average Bonchev–Trinajstić information content (AvgIpc) is 3.38. The molecule has 2 unspecified atom stereocenters. The zero-order chi connectivity index (χ0) is 24.7. The number of halogens is 1. The maximum absolute atomic E-state index is 12.8. The number of fused-ring (bicyclic) bond motifs is 1. The van der Waals surface area contributed by atoms with Crippen molar-refractivity contribution < 1.29 is 33.3 Å². The van der Waals surface area contributed by atoms with Gasteiger partial charge in [-0.1, -0.05) is 29.8 Å². The van der Waals surface area contributed by atoms with Gasteiger partial charge in [-0.05, 0) is 25.0 Å². The molecule has 1 aromatic carbocycles. The summed E-state index contributed by atoms with van der Waals surface area (Å²) in [6.45, 7) is 2.49. The molecule has 3 heterocycles. The quantitative estimate of drug-likeness (QED) is 0.292. The van der Waals surface area contributed by atoms with E-state index in [4.69, 9.17) is 30.5 Å². The van der Waals surface area contributed by atoms with Crippen molar-refractivity contribution in [3.05, 3.63) is 53.7 Å². The van der Waals surface area contributed by atoms with Gasteiger partial charge in [0.2, 0.25) is 0 Å². The van der Waals surface area contributed by atoms with E-state index in [1.807, 2.05) is 0 Å². The molecule has 2 fully saturated rings. The van der Waals surface area contributed by atoms with E-state index in [0.717, 1.165) is 0 Å². The lowest BCUT2D eigenvalue weighted by Crippen LogP contribution is -2.62. The Labute approximate surface area is 204 Å². The molecule has 1 saturated carbocycles. The Hall–Kier alpha value is -3.57. The van der Waals surface area contributed by atoms with Crippen molar-refractivity contribution in [3.63, 3.8) is 0 Å². The molecule has 35 heavy (non-hydrogen) atoms. The second-order valence-electron chi connectivity index (χ2n) is 8.35. The summed E-state index contributed by atoms with van der Waals surface area (Å²) in [5.41, 5.74) is -0.210. The lowest BCUT2D eigenvalue weighted by Gasteiger charge is -2.47. The van der Waals surface area contributed by atoms with Crippen LogP contribution < -0.4 is 0 Å². The molecular formula is C23H21ClN4O7. The number of carbonyl (C=O) groups is 3. The Morgan fingerprint density at radius 2 is 1.80 bits per heavy atom. The first-order chi connectivity index (χ1) is 16.8. The maximum atomic E-state index is 12.8. The third kappa shape index (κ3) is 4.00. The summed E-state index contributed by atoms with van der Waals surface area (Å²) in [5, 5.41) is 0.139. The van der Waals surface area contributed by atoms with E-state index in [9.17, 15) is 14.4 Å². The highest BCUT2D eigenvalue weighted by molar-refractivity contribution is 6.33. The summed E-state index contributed by atoms with van der Waals surface area (Å²) in [7, 11) is 0. The predicted octanol–water partition coefficient (Wildman–Crippen LogP) is 2.63. The molecule has 3 aromatic rings. The van der Waals surface area contributed by atoms with Crippen molar-refractivity contribution in [1.82, 2.24) is 19.5 Å². The van der Waals surface area contributed by atoms with Crippen LogP contribution in [0.3, 0.4) is 0 Å². The van der Waals surface area contributed by atoms with Gasteiger partial charge in [0.1, 0.15) is 23.5 Å². The Bertz CT molecular complexity index is 1300. The number of ether oxygens (including phenoxy) is 4. The zero-order valence-corrected chi connectivity index (χ0v) is 19.5. The number of hydrogen-bond acceptors (Lipinski definition) is 10. The summed E-state index contributed by atoms with van der Waals surface area (Å²) in [6.07, 6.45) is -0.297. The molecule has 0 bridgehead atoms. The lowest BCUT2D eigenvalue weighted by molar-refractivity contribution is -0.221. The SMILES string of the molecule is CC(=O)OC1[C@H](OC(C)=O)C(n2cnc3c(Cl)ncnc32)O[C@@]12CC[C@@H]2OC(=O)c1ccccc1. The van der Waals surface area contributed by atoms with Gasteiger partial charge in [-0.3, -0.25) is 14.2 Å². The molecule has 182 valence electrons. The number of hydrogen-bond donors (Lipinski definition) is 0. The van der Waals surface area contributed by atoms with Crippen LogP contribution in [-0.2, 0) is 28.5 Å². The van der Waals surface area contributed by atoms with E-state index in [-0.39, 0.29) is 5.15 Å². The molecular weight excluding hydrogens is 480 g/mol.